The summed E-state index contributed by atoms with van der Waals surface area (Å²) < 4.78 is 0.886. The van der Waals surface area contributed by atoms with Gasteiger partial charge in [-0.3, -0.25) is 19.1 Å². The number of aromatic nitrogens is 2. The van der Waals surface area contributed by atoms with Crippen molar-refractivity contribution in [3.05, 3.63) is 47.8 Å². The number of hydrogen-bond acceptors (Lipinski definition) is 6. The number of aromatic amines is 1. The number of thiophene rings is 2. The summed E-state index contributed by atoms with van der Waals surface area (Å²) in [7, 11) is 0. The van der Waals surface area contributed by atoms with Crippen LogP contribution in [0.4, 0.5) is 5.00 Å². The largest absolute Gasteiger partial charge is 0.329 e. The van der Waals surface area contributed by atoms with E-state index in [9.17, 15) is 19.6 Å². The molecule has 3 heterocycles. The number of nitrogens with zero attached hydrogens (tertiary/aromatic N) is 2. The predicted molar refractivity (Wildman–Crippen MR) is 101 cm³/mol. The van der Waals surface area contributed by atoms with Crippen molar-refractivity contribution < 1.29 is 4.79 Å². The number of amides is 1. The van der Waals surface area contributed by atoms with Crippen LogP contribution in [0.15, 0.2) is 15.7 Å². The van der Waals surface area contributed by atoms with Gasteiger partial charge in [-0.05, 0) is 37.8 Å². The molecule has 3 aromatic heterocycles. The Hall–Kier alpha value is -2.70. The Bertz CT molecular complexity index is 1210. The summed E-state index contributed by atoms with van der Waals surface area (Å²) in [5.74, 6) is -0.500. The first-order valence-electron chi connectivity index (χ1n) is 8.05. The number of H-pyrrole nitrogens is 1. The molecule has 1 aliphatic rings. The number of fused-ring (bicyclic) bond motifs is 2. The molecule has 0 fully saturated rings. The van der Waals surface area contributed by atoms with Gasteiger partial charge in [-0.1, -0.05) is 0 Å². The van der Waals surface area contributed by atoms with Crippen molar-refractivity contribution in [3.63, 3.8) is 0 Å². The number of nitrogens with one attached hydrogen (secondary N) is 2. The smallest absolute Gasteiger partial charge is 0.315 e. The van der Waals surface area contributed by atoms with Crippen LogP contribution in [0.1, 0.15) is 27.3 Å². The fraction of sp³-hybridized carbons (Fsp3) is 0.294. The van der Waals surface area contributed by atoms with Crippen LogP contribution in [0.5, 0.6) is 0 Å². The monoisotopic (exact) mass is 386 g/mol. The van der Waals surface area contributed by atoms with E-state index in [4.69, 9.17) is 0 Å². The summed E-state index contributed by atoms with van der Waals surface area (Å²) >= 11 is 2.73. The number of hydrogen-bond donors (Lipinski definition) is 2. The fourth-order valence-electron chi connectivity index (χ4n) is 3.23. The van der Waals surface area contributed by atoms with Gasteiger partial charge in [0.15, 0.2) is 0 Å². The van der Waals surface area contributed by atoms with Gasteiger partial charge in [0.05, 0.1) is 10.9 Å². The van der Waals surface area contributed by atoms with E-state index >= 15 is 0 Å². The molecule has 0 unspecified atom stereocenters. The highest BCUT2D eigenvalue weighted by atomic mass is 32.1. The number of carbonyl (C=O) groups excluding carboxylic acids is 1. The molecule has 26 heavy (non-hydrogen) atoms. The second-order valence-corrected chi connectivity index (χ2v) is 8.50. The van der Waals surface area contributed by atoms with Crippen molar-refractivity contribution in [2.75, 3.05) is 5.32 Å². The Balaban J connectivity index is 1.64. The van der Waals surface area contributed by atoms with Crippen LogP contribution in [0.3, 0.4) is 0 Å². The molecule has 3 aromatic rings. The van der Waals surface area contributed by atoms with E-state index in [1.54, 1.807) is 6.07 Å². The molecule has 0 saturated carbocycles. The van der Waals surface area contributed by atoms with Crippen LogP contribution >= 0.6 is 22.7 Å². The average molecular weight is 386 g/mol. The number of aryl methyl sites for hydroxylation is 2. The predicted octanol–water partition coefficient (Wildman–Crippen LogP) is 2.12. The van der Waals surface area contributed by atoms with Crippen LogP contribution in [0, 0.1) is 18.3 Å². The molecule has 0 radical (unpaired) electrons. The molecular weight excluding hydrogens is 372 g/mol. The van der Waals surface area contributed by atoms with Crippen LogP contribution in [-0.4, -0.2) is 15.5 Å². The highest BCUT2D eigenvalue weighted by molar-refractivity contribution is 7.18. The molecular formula is C17H14N4O3S2. The van der Waals surface area contributed by atoms with Crippen LogP contribution in [-0.2, 0) is 24.2 Å². The number of anilines is 1. The number of carbonyl (C=O) groups is 1. The molecule has 132 valence electrons. The molecule has 2 N–H and O–H groups in total. The van der Waals surface area contributed by atoms with Gasteiger partial charge < -0.3 is 5.32 Å². The maximum Gasteiger partial charge on any atom is 0.329 e. The maximum absolute atomic E-state index is 12.5. The topological polar surface area (TPSA) is 108 Å². The molecule has 0 bridgehead atoms. The molecule has 0 atom stereocenters. The summed E-state index contributed by atoms with van der Waals surface area (Å²) in [4.78, 5) is 42.3. The van der Waals surface area contributed by atoms with Crippen LogP contribution in [0.25, 0.3) is 10.2 Å². The van der Waals surface area contributed by atoms with E-state index in [0.717, 1.165) is 39.1 Å². The summed E-state index contributed by atoms with van der Waals surface area (Å²) in [6.07, 6.45) is 2.78. The quantitative estimate of drug-likeness (QED) is 0.719. The van der Waals surface area contributed by atoms with Crippen LogP contribution < -0.4 is 16.6 Å². The van der Waals surface area contributed by atoms with E-state index in [1.165, 1.54) is 22.7 Å². The Morgan fingerprint density at radius 2 is 2.19 bits per heavy atom. The van der Waals surface area contributed by atoms with Gasteiger partial charge in [0.2, 0.25) is 5.91 Å². The molecule has 0 aliphatic heterocycles. The van der Waals surface area contributed by atoms with Gasteiger partial charge >= 0.3 is 5.69 Å². The maximum atomic E-state index is 12.5. The van der Waals surface area contributed by atoms with E-state index in [1.807, 2.05) is 6.92 Å². The van der Waals surface area contributed by atoms with E-state index in [0.29, 0.717) is 20.8 Å². The van der Waals surface area contributed by atoms with Gasteiger partial charge in [0.1, 0.15) is 22.4 Å². The summed E-state index contributed by atoms with van der Waals surface area (Å²) in [5.41, 5.74) is 0.408. The zero-order valence-corrected chi connectivity index (χ0v) is 15.5. The van der Waals surface area contributed by atoms with Crippen molar-refractivity contribution in [2.45, 2.75) is 32.7 Å². The minimum atomic E-state index is -0.617. The molecule has 1 aliphatic carbocycles. The van der Waals surface area contributed by atoms with Gasteiger partial charge in [-0.15, -0.1) is 22.7 Å². The SMILES string of the molecule is Cc1cc2c(=O)n(CC(=O)Nc3sc4c(c3C#N)CCC4)c(=O)[nH]c2s1. The van der Waals surface area contributed by atoms with Gasteiger partial charge in [0, 0.05) is 9.75 Å². The minimum Gasteiger partial charge on any atom is -0.315 e. The summed E-state index contributed by atoms with van der Waals surface area (Å²) in [6.45, 7) is 1.45. The van der Waals surface area contributed by atoms with Gasteiger partial charge in [-0.25, -0.2) is 4.79 Å². The lowest BCUT2D eigenvalue weighted by molar-refractivity contribution is -0.116. The molecule has 0 aromatic carbocycles. The van der Waals surface area contributed by atoms with Crippen molar-refractivity contribution in [2.24, 2.45) is 0 Å². The first-order chi connectivity index (χ1) is 12.5. The number of rotatable bonds is 3. The Labute approximate surface area is 155 Å². The lowest BCUT2D eigenvalue weighted by Crippen LogP contribution is -2.38. The van der Waals surface area contributed by atoms with Crippen molar-refractivity contribution >= 4 is 43.8 Å². The van der Waals surface area contributed by atoms with Gasteiger partial charge in [0.25, 0.3) is 5.56 Å². The van der Waals surface area contributed by atoms with Crippen molar-refractivity contribution in [1.29, 1.82) is 5.26 Å². The summed E-state index contributed by atoms with van der Waals surface area (Å²) in [6, 6.07) is 3.85. The molecule has 1 amide bonds. The zero-order valence-electron chi connectivity index (χ0n) is 13.8. The molecule has 0 spiro atoms. The van der Waals surface area contributed by atoms with Crippen molar-refractivity contribution in [3.8, 4) is 6.07 Å². The highest BCUT2D eigenvalue weighted by Gasteiger charge is 2.23. The first-order valence-corrected chi connectivity index (χ1v) is 9.69. The van der Waals surface area contributed by atoms with E-state index in [2.05, 4.69) is 16.4 Å². The Morgan fingerprint density at radius 3 is 2.96 bits per heavy atom. The third-order valence-electron chi connectivity index (χ3n) is 4.38. The molecule has 7 nitrogen and oxygen atoms in total. The highest BCUT2D eigenvalue weighted by Crippen LogP contribution is 2.38. The zero-order chi connectivity index (χ0) is 18.4. The average Bonchev–Trinajstić information content (AvgIpc) is 3.25. The van der Waals surface area contributed by atoms with E-state index in [-0.39, 0.29) is 0 Å². The molecule has 0 saturated heterocycles. The standard InChI is InChI=1S/C17H14N4O3S2/c1-8-5-10-14(25-8)20-17(24)21(16(10)23)7-13(22)19-15-11(6-18)9-3-2-4-12(9)26-15/h5H,2-4,7H2,1H3,(H,19,22)(H,20,24). The van der Waals surface area contributed by atoms with Gasteiger partial charge in [-0.2, -0.15) is 5.26 Å². The minimum absolute atomic E-state index is 0.396. The Morgan fingerprint density at radius 1 is 1.38 bits per heavy atom. The summed E-state index contributed by atoms with van der Waals surface area (Å²) in [5, 5.41) is 13.0. The third kappa shape index (κ3) is 2.67. The lowest BCUT2D eigenvalue weighted by atomic mass is 10.1. The lowest BCUT2D eigenvalue weighted by Gasteiger charge is -2.06. The molecule has 4 rings (SSSR count). The van der Waals surface area contributed by atoms with E-state index < -0.39 is 23.7 Å². The third-order valence-corrected chi connectivity index (χ3v) is 6.56. The Kier molecular flexibility index (Phi) is 4.01. The van der Waals surface area contributed by atoms with Crippen LogP contribution in [0.2, 0.25) is 0 Å². The fourth-order valence-corrected chi connectivity index (χ4v) is 5.38. The first kappa shape index (κ1) is 16.8. The number of nitriles is 1. The second-order valence-electron chi connectivity index (χ2n) is 6.14. The molecule has 9 heteroatoms. The second kappa shape index (κ2) is 6.23. The normalized spacial score (nSPS) is 12.9. The van der Waals surface area contributed by atoms with Crippen molar-refractivity contribution in [1.82, 2.24) is 9.55 Å².